The number of esters is 1. The summed E-state index contributed by atoms with van der Waals surface area (Å²) in [7, 11) is 0. The van der Waals surface area contributed by atoms with Gasteiger partial charge in [0.1, 0.15) is 25.3 Å². The Morgan fingerprint density at radius 2 is 1.57 bits per heavy atom. The topological polar surface area (TPSA) is 172 Å². The molecule has 0 atom stereocenters. The van der Waals surface area contributed by atoms with E-state index in [1.165, 1.54) is 24.3 Å². The summed E-state index contributed by atoms with van der Waals surface area (Å²) < 4.78 is 10.7. The van der Waals surface area contributed by atoms with Gasteiger partial charge in [-0.2, -0.15) is 0 Å². The Bertz CT molecular complexity index is 1680. The first-order valence-electron chi connectivity index (χ1n) is 15.8. The molecule has 1 aliphatic rings. The van der Waals surface area contributed by atoms with Crippen LogP contribution in [0.1, 0.15) is 59.9 Å². The van der Waals surface area contributed by atoms with Crippen LogP contribution in [0.4, 0.5) is 21.0 Å². The van der Waals surface area contributed by atoms with E-state index in [2.05, 4.69) is 10.6 Å². The molecule has 1 saturated heterocycles. The maximum absolute atomic E-state index is 13.6. The van der Waals surface area contributed by atoms with Gasteiger partial charge >= 0.3 is 24.1 Å². The fourth-order valence-electron chi connectivity index (χ4n) is 5.20. The number of carbonyl (C=O) groups excluding carboxylic acids is 5. The van der Waals surface area contributed by atoms with Gasteiger partial charge in [-0.15, -0.1) is 0 Å². The Morgan fingerprint density at radius 1 is 0.898 bits per heavy atom. The molecule has 1 heterocycles. The number of amides is 4. The standard InChI is InChI=1S/C36H40N4O9/c1-36(2,3)49-31(42)21-37-34(46)40(27-13-9-12-26(20-27)33(44)45)22-30(41)38-29-15-8-7-14-28(29)32(43)25-16-18-39(19-17-25)35(47)48-23-24-10-5-4-6-11-24/h4-15,20,25H,16-19,21-23H2,1-3H3,(H,37,46)(H,38,41)(H,44,45). The molecular weight excluding hydrogens is 632 g/mol. The van der Waals surface area contributed by atoms with Gasteiger partial charge in [-0.1, -0.05) is 48.5 Å². The quantitative estimate of drug-likeness (QED) is 0.185. The average molecular weight is 673 g/mol. The number of piperidine rings is 1. The molecule has 3 aromatic carbocycles. The second-order valence-electron chi connectivity index (χ2n) is 12.4. The molecule has 1 aliphatic heterocycles. The summed E-state index contributed by atoms with van der Waals surface area (Å²) in [6.45, 7) is 4.79. The van der Waals surface area contributed by atoms with Gasteiger partial charge in [0.2, 0.25) is 5.91 Å². The van der Waals surface area contributed by atoms with Gasteiger partial charge in [0, 0.05) is 30.3 Å². The number of anilines is 2. The fraction of sp³-hybridized carbons (Fsp3) is 0.333. The molecular formula is C36H40N4O9. The number of para-hydroxylation sites is 1. The first-order chi connectivity index (χ1) is 23.3. The van der Waals surface area contributed by atoms with Crippen LogP contribution in [0.25, 0.3) is 0 Å². The SMILES string of the molecule is CC(C)(C)OC(=O)CNC(=O)N(CC(=O)Nc1ccccc1C(=O)C1CCN(C(=O)OCc2ccccc2)CC1)c1cccc(C(=O)O)c1. The number of nitrogens with one attached hydrogen (secondary N) is 2. The number of Topliss-reactive ketones (excluding diaryl/α,β-unsaturated/α-hetero) is 1. The third-order valence-corrected chi connectivity index (χ3v) is 7.55. The second kappa shape index (κ2) is 16.4. The lowest BCUT2D eigenvalue weighted by Gasteiger charge is -2.31. The van der Waals surface area contributed by atoms with Crippen LogP contribution in [0.2, 0.25) is 0 Å². The van der Waals surface area contributed by atoms with Gasteiger partial charge in [0.15, 0.2) is 5.78 Å². The van der Waals surface area contributed by atoms with Gasteiger partial charge < -0.3 is 30.1 Å². The first kappa shape index (κ1) is 36.1. The minimum absolute atomic E-state index is 0.0927. The van der Waals surface area contributed by atoms with Crippen molar-refractivity contribution in [2.75, 3.05) is 36.4 Å². The lowest BCUT2D eigenvalue weighted by atomic mass is 9.88. The summed E-state index contributed by atoms with van der Waals surface area (Å²) in [5.41, 5.74) is 0.570. The van der Waals surface area contributed by atoms with Gasteiger partial charge in [-0.25, -0.2) is 14.4 Å². The highest BCUT2D eigenvalue weighted by atomic mass is 16.6. The van der Waals surface area contributed by atoms with Crippen molar-refractivity contribution in [3.05, 3.63) is 95.6 Å². The lowest BCUT2D eigenvalue weighted by Crippen LogP contribution is -2.46. The van der Waals surface area contributed by atoms with Crippen molar-refractivity contribution < 1.29 is 43.3 Å². The molecule has 49 heavy (non-hydrogen) atoms. The third-order valence-electron chi connectivity index (χ3n) is 7.55. The molecule has 258 valence electrons. The molecule has 1 fully saturated rings. The predicted octanol–water partition coefficient (Wildman–Crippen LogP) is 5.11. The number of nitrogens with zero attached hydrogens (tertiary/aromatic N) is 2. The van der Waals surface area contributed by atoms with E-state index in [1.54, 1.807) is 49.9 Å². The van der Waals surface area contributed by atoms with E-state index in [9.17, 15) is 33.9 Å². The molecule has 0 radical (unpaired) electrons. The molecule has 0 bridgehead atoms. The molecule has 0 spiro atoms. The van der Waals surface area contributed by atoms with Gasteiger partial charge in [-0.3, -0.25) is 19.3 Å². The fourth-order valence-corrected chi connectivity index (χ4v) is 5.20. The average Bonchev–Trinajstić information content (AvgIpc) is 3.08. The summed E-state index contributed by atoms with van der Waals surface area (Å²) in [6, 6.07) is 20.4. The molecule has 4 amide bonds. The predicted molar refractivity (Wildman–Crippen MR) is 180 cm³/mol. The summed E-state index contributed by atoms with van der Waals surface area (Å²) in [5, 5.41) is 14.6. The van der Waals surface area contributed by atoms with Crippen molar-refractivity contribution in [2.24, 2.45) is 5.92 Å². The van der Waals surface area contributed by atoms with Crippen molar-refractivity contribution in [1.82, 2.24) is 10.2 Å². The molecule has 0 aliphatic carbocycles. The minimum Gasteiger partial charge on any atom is -0.478 e. The largest absolute Gasteiger partial charge is 0.478 e. The number of ketones is 1. The first-order valence-corrected chi connectivity index (χ1v) is 15.8. The normalized spacial score (nSPS) is 13.2. The van der Waals surface area contributed by atoms with E-state index in [0.29, 0.717) is 25.9 Å². The smallest absolute Gasteiger partial charge is 0.410 e. The van der Waals surface area contributed by atoms with Crippen molar-refractivity contribution in [1.29, 1.82) is 0 Å². The van der Waals surface area contributed by atoms with Gasteiger partial charge in [0.05, 0.1) is 11.3 Å². The summed E-state index contributed by atoms with van der Waals surface area (Å²) in [6.07, 6.45) is 0.371. The van der Waals surface area contributed by atoms with Crippen LogP contribution < -0.4 is 15.5 Å². The highest BCUT2D eigenvalue weighted by Gasteiger charge is 2.30. The molecule has 3 aromatic rings. The van der Waals surface area contributed by atoms with Crippen LogP contribution in [-0.2, 0) is 25.7 Å². The summed E-state index contributed by atoms with van der Waals surface area (Å²) >= 11 is 0. The maximum atomic E-state index is 13.6. The highest BCUT2D eigenvalue weighted by Crippen LogP contribution is 2.27. The van der Waals surface area contributed by atoms with Crippen molar-refractivity contribution in [3.63, 3.8) is 0 Å². The molecule has 0 saturated carbocycles. The minimum atomic E-state index is -1.23. The molecule has 4 rings (SSSR count). The van der Waals surface area contributed by atoms with E-state index in [0.717, 1.165) is 10.5 Å². The van der Waals surface area contributed by atoms with Crippen molar-refractivity contribution in [3.8, 4) is 0 Å². The number of benzene rings is 3. The molecule has 13 nitrogen and oxygen atoms in total. The number of ether oxygens (including phenoxy) is 2. The van der Waals surface area contributed by atoms with Crippen LogP contribution in [0.5, 0.6) is 0 Å². The zero-order chi connectivity index (χ0) is 35.6. The van der Waals surface area contributed by atoms with E-state index in [-0.39, 0.29) is 34.9 Å². The number of aromatic carboxylic acids is 1. The van der Waals surface area contributed by atoms with Crippen LogP contribution >= 0.6 is 0 Å². The third kappa shape index (κ3) is 10.6. The molecule has 13 heteroatoms. The Labute approximate surface area is 284 Å². The monoisotopic (exact) mass is 672 g/mol. The Balaban J connectivity index is 1.41. The van der Waals surface area contributed by atoms with Crippen LogP contribution in [-0.4, -0.2) is 77.5 Å². The van der Waals surface area contributed by atoms with E-state index in [1.807, 2.05) is 30.3 Å². The highest BCUT2D eigenvalue weighted by molar-refractivity contribution is 6.08. The molecule has 0 aromatic heterocycles. The van der Waals surface area contributed by atoms with Crippen molar-refractivity contribution in [2.45, 2.75) is 45.8 Å². The zero-order valence-electron chi connectivity index (χ0n) is 27.6. The molecule has 3 N–H and O–H groups in total. The summed E-state index contributed by atoms with van der Waals surface area (Å²) in [5.74, 6) is -3.21. The number of carboxylic acids is 1. The second-order valence-corrected chi connectivity index (χ2v) is 12.4. The number of hydrogen-bond donors (Lipinski definition) is 3. The number of rotatable bonds is 11. The Hall–Kier alpha value is -5.72. The number of hydrogen-bond acceptors (Lipinski definition) is 8. The van der Waals surface area contributed by atoms with Crippen LogP contribution in [0, 0.1) is 5.92 Å². The van der Waals surface area contributed by atoms with E-state index in [4.69, 9.17) is 9.47 Å². The van der Waals surface area contributed by atoms with E-state index < -0.39 is 54.6 Å². The maximum Gasteiger partial charge on any atom is 0.410 e. The van der Waals surface area contributed by atoms with Crippen LogP contribution in [0.3, 0.4) is 0 Å². The number of urea groups is 1. The number of carboxylic acid groups (broad SMARTS) is 1. The summed E-state index contributed by atoms with van der Waals surface area (Å²) in [4.78, 5) is 79.2. The number of carbonyl (C=O) groups is 6. The number of likely N-dealkylation sites (tertiary alicyclic amines) is 1. The lowest BCUT2D eigenvalue weighted by molar-refractivity contribution is -0.153. The zero-order valence-corrected chi connectivity index (χ0v) is 27.6. The van der Waals surface area contributed by atoms with E-state index >= 15 is 0 Å². The van der Waals surface area contributed by atoms with Gasteiger partial charge in [-0.05, 0) is 69.5 Å². The Kier molecular flexibility index (Phi) is 12.1. The Morgan fingerprint density at radius 3 is 2.24 bits per heavy atom. The van der Waals surface area contributed by atoms with Crippen molar-refractivity contribution >= 4 is 47.1 Å². The van der Waals surface area contributed by atoms with Crippen LogP contribution in [0.15, 0.2) is 78.9 Å². The van der Waals surface area contributed by atoms with Gasteiger partial charge in [0.25, 0.3) is 0 Å². The molecule has 0 unspecified atom stereocenters.